The van der Waals surface area contributed by atoms with Crippen LogP contribution in [0.25, 0.3) is 0 Å². The van der Waals surface area contributed by atoms with Gasteiger partial charge < -0.3 is 9.84 Å². The van der Waals surface area contributed by atoms with Crippen LogP contribution in [0.3, 0.4) is 0 Å². The molecule has 0 amide bonds. The number of hydrogen-bond donors (Lipinski definition) is 1. The highest BCUT2D eigenvalue weighted by Crippen LogP contribution is 2.33. The maximum absolute atomic E-state index is 10.5. The van der Waals surface area contributed by atoms with Crippen LogP contribution in [0.4, 0.5) is 0 Å². The molecule has 0 aromatic carbocycles. The van der Waals surface area contributed by atoms with Gasteiger partial charge in [-0.3, -0.25) is 4.68 Å². The Kier molecular flexibility index (Phi) is 4.15. The Bertz CT molecular complexity index is 361. The van der Waals surface area contributed by atoms with Gasteiger partial charge in [-0.15, -0.1) is 0 Å². The van der Waals surface area contributed by atoms with Crippen LogP contribution in [0.15, 0.2) is 10.7 Å². The third kappa shape index (κ3) is 2.31. The molecule has 0 fully saturated rings. The summed E-state index contributed by atoms with van der Waals surface area (Å²) in [6, 6.07) is 0.192. The van der Waals surface area contributed by atoms with E-state index in [1.807, 2.05) is 20.8 Å². The summed E-state index contributed by atoms with van der Waals surface area (Å²) in [6.45, 7) is 7.62. The van der Waals surface area contributed by atoms with E-state index in [4.69, 9.17) is 4.74 Å². The Morgan fingerprint density at radius 1 is 1.50 bits per heavy atom. The summed E-state index contributed by atoms with van der Waals surface area (Å²) in [5.74, 6) is 0. The maximum Gasteiger partial charge on any atom is 0.130 e. The molecule has 0 saturated heterocycles. The molecule has 0 aliphatic carbocycles. The number of methoxy groups -OCH3 is 1. The average Bonchev–Trinajstić information content (AvgIpc) is 2.59. The van der Waals surface area contributed by atoms with Crippen molar-refractivity contribution in [1.29, 1.82) is 0 Å². The molecule has 0 spiro atoms. The van der Waals surface area contributed by atoms with Crippen LogP contribution in [0.1, 0.15) is 39.4 Å². The van der Waals surface area contributed by atoms with Crippen LogP contribution < -0.4 is 0 Å². The maximum atomic E-state index is 10.5. The molecule has 92 valence electrons. The second kappa shape index (κ2) is 4.85. The quantitative estimate of drug-likeness (QED) is 0.927. The van der Waals surface area contributed by atoms with Gasteiger partial charge in [-0.1, -0.05) is 0 Å². The molecular weight excluding hydrogens is 272 g/mol. The fourth-order valence-electron chi connectivity index (χ4n) is 1.63. The zero-order valence-corrected chi connectivity index (χ0v) is 11.9. The Hall–Kier alpha value is -0.390. The van der Waals surface area contributed by atoms with Crippen LogP contribution in [0.5, 0.6) is 0 Å². The lowest BCUT2D eigenvalue weighted by Crippen LogP contribution is -2.38. The van der Waals surface area contributed by atoms with Crippen molar-refractivity contribution in [3.05, 3.63) is 16.4 Å². The summed E-state index contributed by atoms with van der Waals surface area (Å²) in [4.78, 5) is 0. The van der Waals surface area contributed by atoms with Crippen molar-refractivity contribution < 1.29 is 9.84 Å². The van der Waals surface area contributed by atoms with Crippen molar-refractivity contribution in [2.75, 3.05) is 7.11 Å². The van der Waals surface area contributed by atoms with Crippen LogP contribution >= 0.6 is 15.9 Å². The van der Waals surface area contributed by atoms with Gasteiger partial charge in [0.1, 0.15) is 5.60 Å². The molecule has 0 saturated carbocycles. The topological polar surface area (TPSA) is 47.3 Å². The van der Waals surface area contributed by atoms with Gasteiger partial charge in [-0.25, -0.2) is 0 Å². The van der Waals surface area contributed by atoms with Crippen molar-refractivity contribution >= 4 is 15.9 Å². The average molecular weight is 291 g/mol. The van der Waals surface area contributed by atoms with E-state index in [0.29, 0.717) is 0 Å². The lowest BCUT2D eigenvalue weighted by molar-refractivity contribution is -0.0832. The van der Waals surface area contributed by atoms with Gasteiger partial charge in [0, 0.05) is 13.2 Å². The molecule has 4 nitrogen and oxygen atoms in total. The fraction of sp³-hybridized carbons (Fsp3) is 0.727. The Morgan fingerprint density at radius 3 is 2.50 bits per heavy atom. The molecule has 0 radical (unpaired) electrons. The molecule has 1 aromatic rings. The summed E-state index contributed by atoms with van der Waals surface area (Å²) >= 11 is 3.42. The van der Waals surface area contributed by atoms with Gasteiger partial charge in [0.25, 0.3) is 0 Å². The van der Waals surface area contributed by atoms with Gasteiger partial charge >= 0.3 is 0 Å². The minimum Gasteiger partial charge on any atom is -0.381 e. The molecule has 16 heavy (non-hydrogen) atoms. The van der Waals surface area contributed by atoms with Gasteiger partial charge in [0.15, 0.2) is 0 Å². The van der Waals surface area contributed by atoms with Crippen molar-refractivity contribution in [3.63, 3.8) is 0 Å². The Balaban J connectivity index is 3.25. The van der Waals surface area contributed by atoms with E-state index in [2.05, 4.69) is 21.0 Å². The van der Waals surface area contributed by atoms with E-state index in [9.17, 15) is 5.11 Å². The zero-order chi connectivity index (χ0) is 12.5. The molecule has 1 rings (SSSR count). The molecule has 0 aliphatic rings. The van der Waals surface area contributed by atoms with Crippen molar-refractivity contribution in [2.24, 2.45) is 0 Å². The predicted octanol–water partition coefficient (Wildman–Crippen LogP) is 2.47. The highest BCUT2D eigenvalue weighted by atomic mass is 79.9. The van der Waals surface area contributed by atoms with Crippen LogP contribution in [-0.2, 0) is 10.3 Å². The number of aliphatic hydroxyl groups is 1. The first kappa shape index (κ1) is 13.7. The van der Waals surface area contributed by atoms with E-state index < -0.39 is 5.60 Å². The zero-order valence-electron chi connectivity index (χ0n) is 10.4. The van der Waals surface area contributed by atoms with Gasteiger partial charge in [-0.05, 0) is 43.6 Å². The minimum atomic E-state index is -1.08. The molecule has 0 bridgehead atoms. The molecule has 1 heterocycles. The van der Waals surface area contributed by atoms with E-state index >= 15 is 0 Å². The SMILES string of the molecule is COC(C)C(C)(O)c1c(Br)cnn1C(C)C. The summed E-state index contributed by atoms with van der Waals surface area (Å²) in [5.41, 5.74) is -0.328. The first-order valence-corrected chi connectivity index (χ1v) is 6.10. The molecule has 2 unspecified atom stereocenters. The van der Waals surface area contributed by atoms with Gasteiger partial charge in [0.05, 0.1) is 22.5 Å². The largest absolute Gasteiger partial charge is 0.381 e. The standard InChI is InChI=1S/C11H19BrN2O2/c1-7(2)14-10(9(12)6-13-14)11(4,15)8(3)16-5/h6-8,15H,1-5H3. The van der Waals surface area contributed by atoms with Crippen LogP contribution in [-0.4, -0.2) is 28.1 Å². The van der Waals surface area contributed by atoms with E-state index in [1.165, 1.54) is 0 Å². The lowest BCUT2D eigenvalue weighted by Gasteiger charge is -2.31. The van der Waals surface area contributed by atoms with Crippen LogP contribution in [0, 0.1) is 0 Å². The first-order chi connectivity index (χ1) is 7.32. The molecule has 2 atom stereocenters. The number of hydrogen-bond acceptors (Lipinski definition) is 3. The van der Waals surface area contributed by atoms with Crippen molar-refractivity contribution in [3.8, 4) is 0 Å². The number of halogens is 1. The monoisotopic (exact) mass is 290 g/mol. The van der Waals surface area contributed by atoms with E-state index in [0.717, 1.165) is 10.2 Å². The number of aromatic nitrogens is 2. The third-order valence-corrected chi connectivity index (χ3v) is 3.44. The summed E-state index contributed by atoms with van der Waals surface area (Å²) in [5, 5.41) is 14.8. The molecular formula is C11H19BrN2O2. The highest BCUT2D eigenvalue weighted by molar-refractivity contribution is 9.10. The molecule has 1 N–H and O–H groups in total. The molecule has 5 heteroatoms. The Morgan fingerprint density at radius 2 is 2.06 bits per heavy atom. The van der Waals surface area contributed by atoms with Gasteiger partial charge in [0.2, 0.25) is 0 Å². The van der Waals surface area contributed by atoms with Gasteiger partial charge in [-0.2, -0.15) is 5.10 Å². The van der Waals surface area contributed by atoms with Crippen molar-refractivity contribution in [2.45, 2.75) is 45.4 Å². The van der Waals surface area contributed by atoms with E-state index in [-0.39, 0.29) is 12.1 Å². The lowest BCUT2D eigenvalue weighted by atomic mass is 9.95. The number of nitrogens with zero attached hydrogens (tertiary/aromatic N) is 2. The van der Waals surface area contributed by atoms with Crippen LogP contribution in [0.2, 0.25) is 0 Å². The summed E-state index contributed by atoms with van der Waals surface area (Å²) < 4.78 is 7.82. The predicted molar refractivity (Wildman–Crippen MR) is 66.4 cm³/mol. The van der Waals surface area contributed by atoms with Crippen molar-refractivity contribution in [1.82, 2.24) is 9.78 Å². The summed E-state index contributed by atoms with van der Waals surface area (Å²) in [7, 11) is 1.59. The minimum absolute atomic E-state index is 0.192. The highest BCUT2D eigenvalue weighted by Gasteiger charge is 2.36. The second-order valence-corrected chi connectivity index (χ2v) is 5.26. The first-order valence-electron chi connectivity index (χ1n) is 5.31. The second-order valence-electron chi connectivity index (χ2n) is 4.40. The Labute approximate surface area is 105 Å². The fourth-order valence-corrected chi connectivity index (χ4v) is 2.30. The smallest absolute Gasteiger partial charge is 0.130 e. The summed E-state index contributed by atoms with van der Waals surface area (Å²) in [6.07, 6.45) is 1.39. The number of ether oxygens (including phenoxy) is 1. The molecule has 1 aromatic heterocycles. The third-order valence-electron chi connectivity index (χ3n) is 2.86. The molecule has 0 aliphatic heterocycles. The van der Waals surface area contributed by atoms with E-state index in [1.54, 1.807) is 24.9 Å². The normalized spacial score (nSPS) is 17.5. The number of rotatable bonds is 4.